The third-order valence-corrected chi connectivity index (χ3v) is 2.44. The summed E-state index contributed by atoms with van der Waals surface area (Å²) in [5.74, 6) is 0.0721. The summed E-state index contributed by atoms with van der Waals surface area (Å²) in [5, 5.41) is 6.14. The van der Waals surface area contributed by atoms with Crippen molar-refractivity contribution in [3.8, 4) is 5.75 Å². The molecule has 0 saturated carbocycles. The number of amides is 1. The maximum Gasteiger partial charge on any atom is 0.266 e. The molecule has 1 atom stereocenters. The Morgan fingerprint density at radius 2 is 2.16 bits per heavy atom. The van der Waals surface area contributed by atoms with Gasteiger partial charge in [-0.3, -0.25) is 4.79 Å². The molecule has 2 aromatic rings. The quantitative estimate of drug-likeness (QED) is 0.901. The smallest absolute Gasteiger partial charge is 0.266 e. The van der Waals surface area contributed by atoms with Gasteiger partial charge >= 0.3 is 0 Å². The Kier molecular flexibility index (Phi) is 4.12. The Balaban J connectivity index is 1.99. The molecule has 1 amide bonds. The number of anilines is 1. The van der Waals surface area contributed by atoms with Crippen molar-refractivity contribution in [1.29, 1.82) is 0 Å². The van der Waals surface area contributed by atoms with Gasteiger partial charge in [0.1, 0.15) is 17.8 Å². The van der Waals surface area contributed by atoms with Gasteiger partial charge in [-0.25, -0.2) is 4.39 Å². The third-order valence-electron chi connectivity index (χ3n) is 2.44. The molecule has 0 radical (unpaired) electrons. The maximum atomic E-state index is 12.8. The second kappa shape index (κ2) is 5.99. The van der Waals surface area contributed by atoms with Crippen LogP contribution in [0, 0.1) is 5.82 Å². The van der Waals surface area contributed by atoms with Gasteiger partial charge in [-0.2, -0.15) is 0 Å². The van der Waals surface area contributed by atoms with Crippen LogP contribution in [0.5, 0.6) is 5.75 Å². The fraction of sp³-hybridized carbons (Fsp3) is 0.231. The van der Waals surface area contributed by atoms with Crippen LogP contribution in [0.15, 0.2) is 41.1 Å². The van der Waals surface area contributed by atoms with Crippen LogP contribution in [0.25, 0.3) is 0 Å². The molecule has 0 spiro atoms. The number of halogens is 1. The lowest BCUT2D eigenvalue weighted by molar-refractivity contribution is -0.122. The number of rotatable bonds is 5. The van der Waals surface area contributed by atoms with Crippen molar-refractivity contribution in [3.05, 3.63) is 42.4 Å². The zero-order valence-corrected chi connectivity index (χ0v) is 10.3. The number of nitrogens with zero attached hydrogens (tertiary/aromatic N) is 1. The standard InChI is InChI=1S/C13H13FN2O3/c1-2-11(13(17)15-12-7-8-18-16-12)19-10-5-3-9(14)4-6-10/h3-8,11H,2H2,1H3,(H,15,16,17)/t11-/m1/s1. The third kappa shape index (κ3) is 3.54. The van der Waals surface area contributed by atoms with Crippen molar-refractivity contribution in [3.63, 3.8) is 0 Å². The van der Waals surface area contributed by atoms with E-state index in [1.54, 1.807) is 0 Å². The van der Waals surface area contributed by atoms with Crippen LogP contribution in [-0.4, -0.2) is 17.2 Å². The highest BCUT2D eigenvalue weighted by Gasteiger charge is 2.19. The van der Waals surface area contributed by atoms with Gasteiger partial charge in [0.15, 0.2) is 11.9 Å². The van der Waals surface area contributed by atoms with Crippen LogP contribution in [0.1, 0.15) is 13.3 Å². The molecule has 100 valence electrons. The number of nitrogens with one attached hydrogen (secondary N) is 1. The SMILES string of the molecule is CC[C@@H](Oc1ccc(F)cc1)C(=O)Nc1ccon1. The fourth-order valence-corrected chi connectivity index (χ4v) is 1.48. The molecule has 0 fully saturated rings. The van der Waals surface area contributed by atoms with Crippen molar-refractivity contribution in [1.82, 2.24) is 5.16 Å². The highest BCUT2D eigenvalue weighted by Crippen LogP contribution is 2.15. The number of benzene rings is 1. The molecule has 0 aliphatic rings. The number of ether oxygens (including phenoxy) is 1. The zero-order chi connectivity index (χ0) is 13.7. The minimum atomic E-state index is -0.679. The Hall–Kier alpha value is -2.37. The van der Waals surface area contributed by atoms with E-state index in [0.717, 1.165) is 0 Å². The first-order valence-electron chi connectivity index (χ1n) is 5.82. The van der Waals surface area contributed by atoms with Gasteiger partial charge < -0.3 is 14.6 Å². The molecule has 1 heterocycles. The maximum absolute atomic E-state index is 12.8. The Bertz CT molecular complexity index is 525. The monoisotopic (exact) mass is 264 g/mol. The molecule has 0 aliphatic carbocycles. The first-order chi connectivity index (χ1) is 9.19. The van der Waals surface area contributed by atoms with Gasteiger partial charge in [-0.05, 0) is 30.7 Å². The summed E-state index contributed by atoms with van der Waals surface area (Å²) in [6.45, 7) is 1.82. The van der Waals surface area contributed by atoms with Crippen LogP contribution in [0.3, 0.4) is 0 Å². The second-order valence-electron chi connectivity index (χ2n) is 3.84. The molecule has 1 aromatic heterocycles. The summed E-state index contributed by atoms with van der Waals surface area (Å²) in [6.07, 6.45) is 1.15. The molecule has 6 heteroatoms. The van der Waals surface area contributed by atoms with Crippen LogP contribution >= 0.6 is 0 Å². The first kappa shape index (κ1) is 13.1. The summed E-state index contributed by atoms with van der Waals surface area (Å²) in [7, 11) is 0. The van der Waals surface area contributed by atoms with Crippen LogP contribution in [0.4, 0.5) is 10.2 Å². The average molecular weight is 264 g/mol. The predicted octanol–water partition coefficient (Wildman–Crippen LogP) is 2.61. The molecule has 0 saturated heterocycles. The summed E-state index contributed by atoms with van der Waals surface area (Å²) < 4.78 is 22.9. The number of hydrogen-bond donors (Lipinski definition) is 1. The molecular weight excluding hydrogens is 251 g/mol. The molecule has 0 unspecified atom stereocenters. The van der Waals surface area contributed by atoms with E-state index in [0.29, 0.717) is 18.0 Å². The minimum absolute atomic E-state index is 0.325. The summed E-state index contributed by atoms with van der Waals surface area (Å²) in [6, 6.07) is 7.03. The average Bonchev–Trinajstić information content (AvgIpc) is 2.90. The van der Waals surface area contributed by atoms with Crippen molar-refractivity contribution >= 4 is 11.7 Å². The lowest BCUT2D eigenvalue weighted by Gasteiger charge is -2.16. The normalized spacial score (nSPS) is 11.9. The number of carbonyl (C=O) groups is 1. The molecule has 0 bridgehead atoms. The second-order valence-corrected chi connectivity index (χ2v) is 3.84. The molecule has 1 aromatic carbocycles. The minimum Gasteiger partial charge on any atom is -0.481 e. The van der Waals surface area contributed by atoms with E-state index in [4.69, 9.17) is 4.74 Å². The number of carbonyl (C=O) groups excluding carboxylic acids is 1. The molecule has 19 heavy (non-hydrogen) atoms. The molecule has 5 nitrogen and oxygen atoms in total. The topological polar surface area (TPSA) is 64.4 Å². The molecule has 0 aliphatic heterocycles. The van der Waals surface area contributed by atoms with Crippen molar-refractivity contribution < 1.29 is 18.4 Å². The highest BCUT2D eigenvalue weighted by atomic mass is 19.1. The van der Waals surface area contributed by atoms with Gasteiger partial charge in [0, 0.05) is 6.07 Å². The zero-order valence-electron chi connectivity index (χ0n) is 10.3. The lowest BCUT2D eigenvalue weighted by atomic mass is 10.2. The van der Waals surface area contributed by atoms with Crippen molar-refractivity contribution in [2.45, 2.75) is 19.4 Å². The Morgan fingerprint density at radius 1 is 1.42 bits per heavy atom. The number of hydrogen-bond acceptors (Lipinski definition) is 4. The van der Waals surface area contributed by atoms with Gasteiger partial charge in [0.25, 0.3) is 5.91 Å². The van der Waals surface area contributed by atoms with Crippen molar-refractivity contribution in [2.24, 2.45) is 0 Å². The van der Waals surface area contributed by atoms with E-state index in [9.17, 15) is 9.18 Å². The van der Waals surface area contributed by atoms with E-state index in [2.05, 4.69) is 15.0 Å². The van der Waals surface area contributed by atoms with E-state index in [1.165, 1.54) is 36.6 Å². The van der Waals surface area contributed by atoms with E-state index < -0.39 is 6.10 Å². The summed E-state index contributed by atoms with van der Waals surface area (Å²) in [5.41, 5.74) is 0. The van der Waals surface area contributed by atoms with E-state index in [1.807, 2.05) is 6.92 Å². The Morgan fingerprint density at radius 3 is 2.74 bits per heavy atom. The Labute approximate surface area is 109 Å². The van der Waals surface area contributed by atoms with Gasteiger partial charge in [0.05, 0.1) is 0 Å². The molecular formula is C13H13FN2O3. The van der Waals surface area contributed by atoms with Gasteiger partial charge in [-0.1, -0.05) is 12.1 Å². The van der Waals surface area contributed by atoms with Crippen LogP contribution in [-0.2, 0) is 4.79 Å². The largest absolute Gasteiger partial charge is 0.481 e. The van der Waals surface area contributed by atoms with Gasteiger partial charge in [-0.15, -0.1) is 0 Å². The molecule has 1 N–H and O–H groups in total. The number of aromatic nitrogens is 1. The lowest BCUT2D eigenvalue weighted by Crippen LogP contribution is -2.32. The summed E-state index contributed by atoms with van der Waals surface area (Å²) >= 11 is 0. The van der Waals surface area contributed by atoms with E-state index >= 15 is 0 Å². The first-order valence-corrected chi connectivity index (χ1v) is 5.82. The highest BCUT2D eigenvalue weighted by molar-refractivity contribution is 5.93. The summed E-state index contributed by atoms with van der Waals surface area (Å²) in [4.78, 5) is 11.9. The molecule has 2 rings (SSSR count). The fourth-order valence-electron chi connectivity index (χ4n) is 1.48. The van der Waals surface area contributed by atoms with E-state index in [-0.39, 0.29) is 11.7 Å². The van der Waals surface area contributed by atoms with Crippen LogP contribution < -0.4 is 10.1 Å². The van der Waals surface area contributed by atoms with Crippen molar-refractivity contribution in [2.75, 3.05) is 5.32 Å². The van der Waals surface area contributed by atoms with Crippen LogP contribution in [0.2, 0.25) is 0 Å². The predicted molar refractivity (Wildman–Crippen MR) is 66.2 cm³/mol. The van der Waals surface area contributed by atoms with Gasteiger partial charge in [0.2, 0.25) is 0 Å².